The number of anilines is 1. The average molecular weight is 354 g/mol. The van der Waals surface area contributed by atoms with Crippen LogP contribution in [-0.2, 0) is 7.05 Å². The van der Waals surface area contributed by atoms with E-state index < -0.39 is 0 Å². The molecule has 0 radical (unpaired) electrons. The fourth-order valence-corrected chi connectivity index (χ4v) is 3.29. The number of fused-ring (bicyclic) bond motifs is 1. The van der Waals surface area contributed by atoms with Crippen LogP contribution < -0.4 is 5.32 Å². The van der Waals surface area contributed by atoms with E-state index in [2.05, 4.69) is 5.32 Å². The molecule has 6 heteroatoms. The molecule has 1 N–H and O–H groups in total. The molecule has 0 saturated carbocycles. The molecule has 112 valence electrons. The fourth-order valence-electron chi connectivity index (χ4n) is 2.38. The van der Waals surface area contributed by atoms with Crippen LogP contribution in [0.25, 0.3) is 10.9 Å². The van der Waals surface area contributed by atoms with Crippen molar-refractivity contribution in [3.8, 4) is 0 Å². The van der Waals surface area contributed by atoms with Gasteiger partial charge in [0, 0.05) is 23.7 Å². The second kappa shape index (κ2) is 5.84. The number of hydrogen-bond donors (Lipinski definition) is 1. The minimum absolute atomic E-state index is 0.279. The summed E-state index contributed by atoms with van der Waals surface area (Å²) in [4.78, 5) is 12.6. The Bertz CT molecular complexity index is 863. The Labute approximate surface area is 142 Å². The number of hydrogen-bond acceptors (Lipinski definition) is 1. The standard InChI is InChI=1S/C16H11Cl3N2O/c1-21-6-5-9-3-2-4-11(15(9)21)16(22)20-14-12(18)7-10(17)8-13(14)19/h2-8H,1H3,(H,20,22). The molecular weight excluding hydrogens is 343 g/mol. The van der Waals surface area contributed by atoms with Crippen molar-refractivity contribution >= 4 is 57.3 Å². The van der Waals surface area contributed by atoms with Crippen molar-refractivity contribution < 1.29 is 4.79 Å². The highest BCUT2D eigenvalue weighted by Crippen LogP contribution is 2.34. The number of para-hydroxylation sites is 1. The first-order valence-corrected chi connectivity index (χ1v) is 7.60. The van der Waals surface area contributed by atoms with E-state index in [0.29, 0.717) is 26.3 Å². The summed E-state index contributed by atoms with van der Waals surface area (Å²) in [6.45, 7) is 0. The van der Waals surface area contributed by atoms with Gasteiger partial charge in [-0.1, -0.05) is 46.9 Å². The summed E-state index contributed by atoms with van der Waals surface area (Å²) in [5, 5.41) is 4.75. The lowest BCUT2D eigenvalue weighted by Gasteiger charge is -2.11. The Morgan fingerprint density at radius 2 is 1.77 bits per heavy atom. The number of nitrogens with one attached hydrogen (secondary N) is 1. The fraction of sp³-hybridized carbons (Fsp3) is 0.0625. The van der Waals surface area contributed by atoms with Crippen molar-refractivity contribution in [2.24, 2.45) is 7.05 Å². The van der Waals surface area contributed by atoms with Crippen molar-refractivity contribution in [2.45, 2.75) is 0 Å². The normalized spacial score (nSPS) is 10.9. The van der Waals surface area contributed by atoms with Gasteiger partial charge in [0.2, 0.25) is 0 Å². The van der Waals surface area contributed by atoms with Crippen molar-refractivity contribution in [3.05, 3.63) is 63.2 Å². The van der Waals surface area contributed by atoms with Gasteiger partial charge < -0.3 is 9.88 Å². The maximum absolute atomic E-state index is 12.6. The van der Waals surface area contributed by atoms with Gasteiger partial charge in [0.25, 0.3) is 5.91 Å². The number of aromatic nitrogens is 1. The van der Waals surface area contributed by atoms with Gasteiger partial charge >= 0.3 is 0 Å². The van der Waals surface area contributed by atoms with Gasteiger partial charge in [-0.15, -0.1) is 0 Å². The summed E-state index contributed by atoms with van der Waals surface area (Å²) in [7, 11) is 1.89. The second-order valence-corrected chi connectivity index (χ2v) is 6.12. The van der Waals surface area contributed by atoms with Gasteiger partial charge in [0.05, 0.1) is 26.8 Å². The number of carbonyl (C=O) groups excluding carboxylic acids is 1. The van der Waals surface area contributed by atoms with E-state index in [-0.39, 0.29) is 5.91 Å². The Balaban J connectivity index is 2.03. The van der Waals surface area contributed by atoms with Gasteiger partial charge in [-0.25, -0.2) is 0 Å². The number of benzene rings is 2. The average Bonchev–Trinajstić information content (AvgIpc) is 2.84. The van der Waals surface area contributed by atoms with E-state index in [1.54, 1.807) is 6.07 Å². The molecule has 1 aromatic heterocycles. The van der Waals surface area contributed by atoms with E-state index in [4.69, 9.17) is 34.8 Å². The topological polar surface area (TPSA) is 34.0 Å². The molecule has 0 saturated heterocycles. The van der Waals surface area contributed by atoms with E-state index in [1.807, 2.05) is 36.0 Å². The first kappa shape index (κ1) is 15.2. The minimum Gasteiger partial charge on any atom is -0.350 e. The highest BCUT2D eigenvalue weighted by molar-refractivity contribution is 6.42. The van der Waals surface area contributed by atoms with Crippen molar-refractivity contribution in [1.29, 1.82) is 0 Å². The minimum atomic E-state index is -0.279. The molecule has 0 aliphatic rings. The quantitative estimate of drug-likeness (QED) is 0.658. The molecular formula is C16H11Cl3N2O. The van der Waals surface area contributed by atoms with Crippen LogP contribution in [0, 0.1) is 0 Å². The number of aryl methyl sites for hydroxylation is 1. The van der Waals surface area contributed by atoms with Gasteiger partial charge in [-0.05, 0) is 24.3 Å². The molecule has 0 unspecified atom stereocenters. The Morgan fingerprint density at radius 3 is 2.45 bits per heavy atom. The van der Waals surface area contributed by atoms with Crippen LogP contribution in [0.3, 0.4) is 0 Å². The van der Waals surface area contributed by atoms with Crippen LogP contribution in [-0.4, -0.2) is 10.5 Å². The molecule has 0 aliphatic heterocycles. The van der Waals surface area contributed by atoms with Crippen LogP contribution in [0.2, 0.25) is 15.1 Å². The van der Waals surface area contributed by atoms with Crippen LogP contribution >= 0.6 is 34.8 Å². The molecule has 3 nitrogen and oxygen atoms in total. The zero-order valence-electron chi connectivity index (χ0n) is 11.5. The summed E-state index contributed by atoms with van der Waals surface area (Å²) in [6, 6.07) is 10.6. The molecule has 1 heterocycles. The summed E-state index contributed by atoms with van der Waals surface area (Å²) in [5.41, 5.74) is 1.75. The van der Waals surface area contributed by atoms with Crippen LogP contribution in [0.4, 0.5) is 5.69 Å². The number of rotatable bonds is 2. The summed E-state index contributed by atoms with van der Waals surface area (Å²) < 4.78 is 1.90. The van der Waals surface area contributed by atoms with E-state index in [0.717, 1.165) is 10.9 Å². The largest absolute Gasteiger partial charge is 0.350 e. The van der Waals surface area contributed by atoms with Gasteiger partial charge in [-0.3, -0.25) is 4.79 Å². The molecule has 0 bridgehead atoms. The van der Waals surface area contributed by atoms with Crippen LogP contribution in [0.1, 0.15) is 10.4 Å². The predicted molar refractivity (Wildman–Crippen MR) is 92.3 cm³/mol. The lowest BCUT2D eigenvalue weighted by Crippen LogP contribution is -2.14. The Hall–Kier alpha value is -1.68. The molecule has 2 aromatic carbocycles. The van der Waals surface area contributed by atoms with Crippen molar-refractivity contribution in [1.82, 2.24) is 4.57 Å². The highest BCUT2D eigenvalue weighted by Gasteiger charge is 2.16. The van der Waals surface area contributed by atoms with E-state index >= 15 is 0 Å². The molecule has 3 rings (SSSR count). The van der Waals surface area contributed by atoms with Crippen molar-refractivity contribution in [3.63, 3.8) is 0 Å². The van der Waals surface area contributed by atoms with E-state index in [1.165, 1.54) is 12.1 Å². The van der Waals surface area contributed by atoms with E-state index in [9.17, 15) is 4.79 Å². The van der Waals surface area contributed by atoms with Crippen molar-refractivity contribution in [2.75, 3.05) is 5.32 Å². The summed E-state index contributed by atoms with van der Waals surface area (Å²) in [5.74, 6) is -0.279. The number of carbonyl (C=O) groups is 1. The number of nitrogens with zero attached hydrogens (tertiary/aromatic N) is 1. The monoisotopic (exact) mass is 352 g/mol. The maximum atomic E-state index is 12.6. The first-order valence-electron chi connectivity index (χ1n) is 6.47. The molecule has 22 heavy (non-hydrogen) atoms. The summed E-state index contributed by atoms with van der Waals surface area (Å²) in [6.07, 6.45) is 1.91. The second-order valence-electron chi connectivity index (χ2n) is 4.87. The molecule has 0 atom stereocenters. The lowest BCUT2D eigenvalue weighted by atomic mass is 10.1. The van der Waals surface area contributed by atoms with Gasteiger partial charge in [-0.2, -0.15) is 0 Å². The molecule has 3 aromatic rings. The lowest BCUT2D eigenvalue weighted by molar-refractivity contribution is 0.102. The molecule has 1 amide bonds. The maximum Gasteiger partial charge on any atom is 0.257 e. The molecule has 0 spiro atoms. The van der Waals surface area contributed by atoms with Crippen LogP contribution in [0.5, 0.6) is 0 Å². The third-order valence-electron chi connectivity index (χ3n) is 3.39. The summed E-state index contributed by atoms with van der Waals surface area (Å²) >= 11 is 18.1. The number of amides is 1. The van der Waals surface area contributed by atoms with Crippen LogP contribution in [0.15, 0.2) is 42.6 Å². The smallest absolute Gasteiger partial charge is 0.257 e. The SMILES string of the molecule is Cn1ccc2cccc(C(=O)Nc3c(Cl)cc(Cl)cc3Cl)c21. The van der Waals surface area contributed by atoms with Gasteiger partial charge in [0.1, 0.15) is 0 Å². The Morgan fingerprint density at radius 1 is 1.09 bits per heavy atom. The zero-order valence-corrected chi connectivity index (χ0v) is 13.8. The zero-order chi connectivity index (χ0) is 15.9. The molecule has 0 aliphatic carbocycles. The predicted octanol–water partition coefficient (Wildman–Crippen LogP) is 5.39. The highest BCUT2D eigenvalue weighted by atomic mass is 35.5. The third-order valence-corrected chi connectivity index (χ3v) is 4.20. The molecule has 0 fully saturated rings. The van der Waals surface area contributed by atoms with Gasteiger partial charge in [0.15, 0.2) is 0 Å². The first-order chi connectivity index (χ1) is 10.5. The third kappa shape index (κ3) is 2.68. The number of halogens is 3. The Kier molecular flexibility index (Phi) is 4.04.